The largest absolute Gasteiger partial charge is 0.375 e. The second kappa shape index (κ2) is 8.52. The van der Waals surface area contributed by atoms with E-state index in [4.69, 9.17) is 5.73 Å². The van der Waals surface area contributed by atoms with Crippen LogP contribution >= 0.6 is 11.3 Å². The van der Waals surface area contributed by atoms with E-state index in [2.05, 4.69) is 22.8 Å². The number of nitrogens with zero attached hydrogens (tertiary/aromatic N) is 1. The normalized spacial score (nSPS) is 10.3. The molecule has 0 saturated carbocycles. The number of aryl methyl sites for hydroxylation is 1. The Bertz CT molecular complexity index is 459. The van der Waals surface area contributed by atoms with Crippen molar-refractivity contribution in [2.75, 3.05) is 5.73 Å². The van der Waals surface area contributed by atoms with Crippen LogP contribution in [0.15, 0.2) is 0 Å². The number of amides is 2. The van der Waals surface area contributed by atoms with Crippen molar-refractivity contribution in [1.82, 2.24) is 15.8 Å². The fourth-order valence-electron chi connectivity index (χ4n) is 1.76. The molecule has 7 heteroatoms. The summed E-state index contributed by atoms with van der Waals surface area (Å²) in [6.45, 7) is 3.85. The fourth-order valence-corrected chi connectivity index (χ4v) is 2.49. The Morgan fingerprint density at radius 1 is 1.20 bits per heavy atom. The maximum Gasteiger partial charge on any atom is 0.281 e. The van der Waals surface area contributed by atoms with E-state index in [1.165, 1.54) is 12.8 Å². The molecule has 1 heterocycles. The van der Waals surface area contributed by atoms with Crippen LogP contribution in [0.3, 0.4) is 0 Å². The molecule has 0 saturated heterocycles. The van der Waals surface area contributed by atoms with Crippen LogP contribution in [0.5, 0.6) is 0 Å². The molecule has 0 aliphatic carbocycles. The molecule has 1 aromatic rings. The third kappa shape index (κ3) is 5.56. The lowest BCUT2D eigenvalue weighted by molar-refractivity contribution is -0.122. The van der Waals surface area contributed by atoms with Crippen molar-refractivity contribution in [3.63, 3.8) is 0 Å². The summed E-state index contributed by atoms with van der Waals surface area (Å²) in [7, 11) is 0. The van der Waals surface area contributed by atoms with Gasteiger partial charge >= 0.3 is 0 Å². The zero-order valence-electron chi connectivity index (χ0n) is 12.0. The molecule has 0 aliphatic heterocycles. The monoisotopic (exact) mass is 298 g/mol. The molecule has 0 unspecified atom stereocenters. The molecule has 1 rings (SSSR count). The minimum atomic E-state index is -0.379. The topological polar surface area (TPSA) is 97.1 Å². The van der Waals surface area contributed by atoms with Gasteiger partial charge in [0.15, 0.2) is 5.13 Å². The van der Waals surface area contributed by atoms with E-state index in [1.807, 2.05) is 0 Å². The van der Waals surface area contributed by atoms with Crippen LogP contribution < -0.4 is 16.6 Å². The zero-order chi connectivity index (χ0) is 15.0. The van der Waals surface area contributed by atoms with E-state index in [0.717, 1.165) is 30.6 Å². The van der Waals surface area contributed by atoms with Crippen LogP contribution in [-0.2, 0) is 4.79 Å². The van der Waals surface area contributed by atoms with Gasteiger partial charge in [0.05, 0.1) is 5.69 Å². The molecule has 0 aromatic carbocycles. The molecule has 20 heavy (non-hydrogen) atoms. The van der Waals surface area contributed by atoms with E-state index in [0.29, 0.717) is 22.1 Å². The fraction of sp³-hybridized carbons (Fsp3) is 0.615. The van der Waals surface area contributed by atoms with Crippen molar-refractivity contribution in [3.05, 3.63) is 10.6 Å². The number of aromatic nitrogens is 1. The van der Waals surface area contributed by atoms with Gasteiger partial charge in [-0.3, -0.25) is 20.4 Å². The summed E-state index contributed by atoms with van der Waals surface area (Å²) in [6.07, 6.45) is 5.83. The van der Waals surface area contributed by atoms with Gasteiger partial charge in [-0.2, -0.15) is 0 Å². The van der Waals surface area contributed by atoms with Crippen molar-refractivity contribution in [1.29, 1.82) is 0 Å². The van der Waals surface area contributed by atoms with Gasteiger partial charge < -0.3 is 5.73 Å². The van der Waals surface area contributed by atoms with E-state index < -0.39 is 0 Å². The number of nitrogens with one attached hydrogen (secondary N) is 2. The molecule has 0 atom stereocenters. The number of anilines is 1. The summed E-state index contributed by atoms with van der Waals surface area (Å²) in [5.74, 6) is -0.555. The molecule has 0 bridgehead atoms. The molecule has 112 valence electrons. The van der Waals surface area contributed by atoms with Crippen molar-refractivity contribution in [2.45, 2.75) is 52.4 Å². The smallest absolute Gasteiger partial charge is 0.281 e. The highest BCUT2D eigenvalue weighted by atomic mass is 32.1. The maximum absolute atomic E-state index is 11.8. The molecule has 4 N–H and O–H groups in total. The Balaban J connectivity index is 2.24. The lowest BCUT2D eigenvalue weighted by atomic mass is 10.1. The van der Waals surface area contributed by atoms with Gasteiger partial charge in [-0.25, -0.2) is 4.98 Å². The van der Waals surface area contributed by atoms with Gasteiger partial charge in [0, 0.05) is 6.42 Å². The van der Waals surface area contributed by atoms with E-state index in [9.17, 15) is 9.59 Å². The molecule has 0 aliphatic rings. The van der Waals surface area contributed by atoms with Gasteiger partial charge in [-0.15, -0.1) is 0 Å². The molecule has 0 spiro atoms. The van der Waals surface area contributed by atoms with Crippen LogP contribution in [0, 0.1) is 6.92 Å². The summed E-state index contributed by atoms with van der Waals surface area (Å²) >= 11 is 1.10. The van der Waals surface area contributed by atoms with Crippen LogP contribution in [-0.4, -0.2) is 16.8 Å². The Hall–Kier alpha value is -1.63. The molecule has 0 fully saturated rings. The quantitative estimate of drug-likeness (QED) is 0.531. The number of carbonyl (C=O) groups is 2. The first-order valence-electron chi connectivity index (χ1n) is 6.86. The molecule has 0 radical (unpaired) electrons. The first-order chi connectivity index (χ1) is 9.54. The SMILES string of the molecule is CCCCCCCC(=O)NNC(=O)c1sc(N)nc1C. The lowest BCUT2D eigenvalue weighted by Crippen LogP contribution is -2.41. The Kier molecular flexibility index (Phi) is 7.00. The predicted octanol–water partition coefficient (Wildman–Crippen LogP) is 2.16. The predicted molar refractivity (Wildman–Crippen MR) is 80.2 cm³/mol. The van der Waals surface area contributed by atoms with Gasteiger partial charge in [0.1, 0.15) is 4.88 Å². The highest BCUT2D eigenvalue weighted by Gasteiger charge is 2.14. The van der Waals surface area contributed by atoms with Crippen molar-refractivity contribution in [3.8, 4) is 0 Å². The average Bonchev–Trinajstić information content (AvgIpc) is 2.75. The zero-order valence-corrected chi connectivity index (χ0v) is 12.8. The van der Waals surface area contributed by atoms with Gasteiger partial charge in [-0.05, 0) is 13.3 Å². The summed E-state index contributed by atoms with van der Waals surface area (Å²) in [4.78, 5) is 27.7. The van der Waals surface area contributed by atoms with E-state index in [-0.39, 0.29) is 11.8 Å². The summed E-state index contributed by atoms with van der Waals surface area (Å²) in [5.41, 5.74) is 10.9. The van der Waals surface area contributed by atoms with Gasteiger partial charge in [-0.1, -0.05) is 43.9 Å². The number of rotatable bonds is 7. The minimum absolute atomic E-state index is 0.176. The first-order valence-corrected chi connectivity index (χ1v) is 7.68. The third-order valence-corrected chi connectivity index (χ3v) is 3.83. The minimum Gasteiger partial charge on any atom is -0.375 e. The Morgan fingerprint density at radius 2 is 1.90 bits per heavy atom. The van der Waals surface area contributed by atoms with Crippen molar-refractivity contribution < 1.29 is 9.59 Å². The molecule has 1 aromatic heterocycles. The number of nitrogen functional groups attached to an aromatic ring is 1. The molecular weight excluding hydrogens is 276 g/mol. The van der Waals surface area contributed by atoms with Gasteiger partial charge in [0.25, 0.3) is 5.91 Å². The van der Waals surface area contributed by atoms with Gasteiger partial charge in [0.2, 0.25) is 5.91 Å². The molecule has 2 amide bonds. The standard InChI is InChI=1S/C13H22N4O2S/c1-3-4-5-6-7-8-10(18)16-17-12(19)11-9(2)15-13(14)20-11/h3-8H2,1-2H3,(H2,14,15)(H,16,18)(H,17,19). The number of hydrogen-bond acceptors (Lipinski definition) is 5. The van der Waals surface area contributed by atoms with Crippen LogP contribution in [0.25, 0.3) is 0 Å². The Labute approximate surface area is 123 Å². The highest BCUT2D eigenvalue weighted by molar-refractivity contribution is 7.17. The number of hydrazine groups is 1. The second-order valence-corrected chi connectivity index (χ2v) is 5.66. The Morgan fingerprint density at radius 3 is 2.50 bits per heavy atom. The van der Waals surface area contributed by atoms with Crippen LogP contribution in [0.2, 0.25) is 0 Å². The number of unbranched alkanes of at least 4 members (excludes halogenated alkanes) is 4. The highest BCUT2D eigenvalue weighted by Crippen LogP contribution is 2.18. The van der Waals surface area contributed by atoms with Crippen LogP contribution in [0.1, 0.15) is 60.8 Å². The molecule has 6 nitrogen and oxygen atoms in total. The molecular formula is C13H22N4O2S. The number of carbonyl (C=O) groups excluding carboxylic acids is 2. The lowest BCUT2D eigenvalue weighted by Gasteiger charge is -2.06. The van der Waals surface area contributed by atoms with Crippen molar-refractivity contribution in [2.24, 2.45) is 0 Å². The summed E-state index contributed by atoms with van der Waals surface area (Å²) in [5, 5.41) is 0.343. The average molecular weight is 298 g/mol. The van der Waals surface area contributed by atoms with Crippen LogP contribution in [0.4, 0.5) is 5.13 Å². The second-order valence-electron chi connectivity index (χ2n) is 4.63. The summed E-state index contributed by atoms with van der Waals surface area (Å²) in [6, 6.07) is 0. The number of thiazole rings is 1. The number of nitrogens with two attached hydrogens (primary N) is 1. The summed E-state index contributed by atoms with van der Waals surface area (Å²) < 4.78 is 0. The van der Waals surface area contributed by atoms with Crippen molar-refractivity contribution >= 4 is 28.3 Å². The third-order valence-electron chi connectivity index (χ3n) is 2.84. The number of hydrogen-bond donors (Lipinski definition) is 3. The first kappa shape index (κ1) is 16.4. The van der Waals surface area contributed by atoms with E-state index >= 15 is 0 Å². The van der Waals surface area contributed by atoms with E-state index in [1.54, 1.807) is 6.92 Å². The maximum atomic E-state index is 11.8.